The van der Waals surface area contributed by atoms with Crippen molar-refractivity contribution in [2.75, 3.05) is 32.0 Å². The van der Waals surface area contributed by atoms with Gasteiger partial charge in [-0.2, -0.15) is 4.31 Å². The Bertz CT molecular complexity index is 339. The number of morpholine rings is 1. The Morgan fingerprint density at radius 3 is 2.59 bits per heavy atom. The van der Waals surface area contributed by atoms with E-state index >= 15 is 0 Å². The molecule has 0 amide bonds. The highest BCUT2D eigenvalue weighted by atomic mass is 32.2. The molecule has 1 fully saturated rings. The van der Waals surface area contributed by atoms with Crippen molar-refractivity contribution in [2.24, 2.45) is 0 Å². The summed E-state index contributed by atoms with van der Waals surface area (Å²) in [6, 6.07) is 0.311. The first-order valence-corrected chi connectivity index (χ1v) is 7.69. The van der Waals surface area contributed by atoms with Crippen LogP contribution in [0.25, 0.3) is 0 Å². The minimum atomic E-state index is -3.16. The normalized spacial score (nSPS) is 21.9. The Morgan fingerprint density at radius 2 is 2.06 bits per heavy atom. The van der Waals surface area contributed by atoms with Crippen LogP contribution in [0.3, 0.4) is 0 Å². The maximum Gasteiger partial charge on any atom is 0.215 e. The van der Waals surface area contributed by atoms with Gasteiger partial charge >= 0.3 is 0 Å². The van der Waals surface area contributed by atoms with Crippen molar-refractivity contribution in [2.45, 2.75) is 39.3 Å². The standard InChI is InChI=1S/C11H24N2O3S/c1-10(2)12-5-8-17(14,15)13-6-7-16-11(3,4)9-13/h10,12H,5-9H2,1-4H3. The number of nitrogens with one attached hydrogen (secondary N) is 1. The lowest BCUT2D eigenvalue weighted by Gasteiger charge is -2.37. The third-order valence-corrected chi connectivity index (χ3v) is 4.52. The molecule has 0 saturated carbocycles. The second kappa shape index (κ2) is 5.65. The molecule has 0 bridgehead atoms. The van der Waals surface area contributed by atoms with Crippen LogP contribution in [-0.2, 0) is 14.8 Å². The maximum atomic E-state index is 12.1. The Hall–Kier alpha value is -0.170. The van der Waals surface area contributed by atoms with E-state index in [2.05, 4.69) is 5.32 Å². The zero-order valence-corrected chi connectivity index (χ0v) is 12.0. The van der Waals surface area contributed by atoms with Gasteiger partial charge in [-0.25, -0.2) is 8.42 Å². The highest BCUT2D eigenvalue weighted by Crippen LogP contribution is 2.18. The molecule has 1 rings (SSSR count). The molecule has 102 valence electrons. The third kappa shape index (κ3) is 4.91. The summed E-state index contributed by atoms with van der Waals surface area (Å²) in [7, 11) is -3.16. The number of rotatable bonds is 5. The molecule has 6 heteroatoms. The maximum absolute atomic E-state index is 12.1. The Labute approximate surface area is 105 Å². The van der Waals surface area contributed by atoms with Crippen molar-refractivity contribution in [1.29, 1.82) is 0 Å². The predicted molar refractivity (Wildman–Crippen MR) is 68.5 cm³/mol. The van der Waals surface area contributed by atoms with Crippen LogP contribution in [0.1, 0.15) is 27.7 Å². The molecular formula is C11H24N2O3S. The van der Waals surface area contributed by atoms with Crippen molar-refractivity contribution in [3.05, 3.63) is 0 Å². The molecule has 0 aliphatic carbocycles. The lowest BCUT2D eigenvalue weighted by Crippen LogP contribution is -2.51. The summed E-state index contributed by atoms with van der Waals surface area (Å²) in [6.07, 6.45) is 0. The van der Waals surface area contributed by atoms with E-state index in [0.29, 0.717) is 32.3 Å². The summed E-state index contributed by atoms with van der Waals surface area (Å²) in [5.41, 5.74) is -0.378. The van der Waals surface area contributed by atoms with Crippen LogP contribution >= 0.6 is 0 Å². The summed E-state index contributed by atoms with van der Waals surface area (Å²) in [5.74, 6) is 0.154. The Balaban J connectivity index is 2.52. The van der Waals surface area contributed by atoms with Crippen LogP contribution in [0.15, 0.2) is 0 Å². The topological polar surface area (TPSA) is 58.6 Å². The third-order valence-electron chi connectivity index (χ3n) is 2.70. The second-order valence-corrected chi connectivity index (χ2v) is 7.46. The SMILES string of the molecule is CC(C)NCCS(=O)(=O)N1CCOC(C)(C)C1. The van der Waals surface area contributed by atoms with Crippen LogP contribution in [0, 0.1) is 0 Å². The molecule has 1 heterocycles. The van der Waals surface area contributed by atoms with Gasteiger partial charge in [-0.1, -0.05) is 13.8 Å². The van der Waals surface area contributed by atoms with E-state index in [4.69, 9.17) is 4.74 Å². The summed E-state index contributed by atoms with van der Waals surface area (Å²) in [4.78, 5) is 0. The van der Waals surface area contributed by atoms with Crippen molar-refractivity contribution >= 4 is 10.0 Å². The first-order valence-electron chi connectivity index (χ1n) is 6.08. The van der Waals surface area contributed by atoms with Gasteiger partial charge < -0.3 is 10.1 Å². The average Bonchev–Trinajstić information content (AvgIpc) is 2.15. The molecule has 1 aliphatic heterocycles. The van der Waals surface area contributed by atoms with Crippen molar-refractivity contribution < 1.29 is 13.2 Å². The monoisotopic (exact) mass is 264 g/mol. The van der Waals surface area contributed by atoms with E-state index in [-0.39, 0.29) is 11.4 Å². The molecule has 0 atom stereocenters. The molecule has 0 radical (unpaired) electrons. The van der Waals surface area contributed by atoms with Gasteiger partial charge in [-0.05, 0) is 13.8 Å². The number of sulfonamides is 1. The minimum absolute atomic E-state index is 0.154. The van der Waals surface area contributed by atoms with Crippen molar-refractivity contribution in [3.8, 4) is 0 Å². The van der Waals surface area contributed by atoms with Crippen LogP contribution in [-0.4, -0.2) is 56.4 Å². The largest absolute Gasteiger partial charge is 0.373 e. The van der Waals surface area contributed by atoms with E-state index in [1.54, 1.807) is 4.31 Å². The summed E-state index contributed by atoms with van der Waals surface area (Å²) in [5, 5.41) is 3.12. The fourth-order valence-electron chi connectivity index (χ4n) is 1.82. The summed E-state index contributed by atoms with van der Waals surface area (Å²) in [6.45, 7) is 9.73. The van der Waals surface area contributed by atoms with Crippen molar-refractivity contribution in [3.63, 3.8) is 0 Å². The molecule has 1 N–H and O–H groups in total. The molecule has 0 unspecified atom stereocenters. The fraction of sp³-hybridized carbons (Fsp3) is 1.00. The van der Waals surface area contributed by atoms with Crippen molar-refractivity contribution in [1.82, 2.24) is 9.62 Å². The van der Waals surface area contributed by atoms with Crippen LogP contribution in [0.2, 0.25) is 0 Å². The van der Waals surface area contributed by atoms with Gasteiger partial charge in [0.1, 0.15) is 0 Å². The first kappa shape index (κ1) is 14.9. The van der Waals surface area contributed by atoms with Crippen LogP contribution < -0.4 is 5.32 Å². The molecular weight excluding hydrogens is 240 g/mol. The fourth-order valence-corrected chi connectivity index (χ4v) is 3.31. The molecule has 0 spiro atoms. The minimum Gasteiger partial charge on any atom is -0.373 e. The van der Waals surface area contributed by atoms with Gasteiger partial charge in [-0.3, -0.25) is 0 Å². The lowest BCUT2D eigenvalue weighted by molar-refractivity contribution is -0.0640. The predicted octanol–water partition coefficient (Wildman–Crippen LogP) is 0.425. The average molecular weight is 264 g/mol. The summed E-state index contributed by atoms with van der Waals surface area (Å²) >= 11 is 0. The number of ether oxygens (including phenoxy) is 1. The van der Waals surface area contributed by atoms with Gasteiger partial charge in [0.2, 0.25) is 10.0 Å². The number of nitrogens with zero attached hydrogens (tertiary/aromatic N) is 1. The number of hydrogen-bond acceptors (Lipinski definition) is 4. The van der Waals surface area contributed by atoms with E-state index in [1.807, 2.05) is 27.7 Å². The molecule has 5 nitrogen and oxygen atoms in total. The van der Waals surface area contributed by atoms with E-state index < -0.39 is 10.0 Å². The van der Waals surface area contributed by atoms with Gasteiger partial charge in [-0.15, -0.1) is 0 Å². The van der Waals surface area contributed by atoms with E-state index in [9.17, 15) is 8.42 Å². The van der Waals surface area contributed by atoms with E-state index in [1.165, 1.54) is 0 Å². The zero-order valence-electron chi connectivity index (χ0n) is 11.2. The Kier molecular flexibility index (Phi) is 4.95. The quantitative estimate of drug-likeness (QED) is 0.782. The van der Waals surface area contributed by atoms with Crippen LogP contribution in [0.4, 0.5) is 0 Å². The highest BCUT2D eigenvalue weighted by Gasteiger charge is 2.33. The first-order chi connectivity index (χ1) is 7.73. The second-order valence-electron chi connectivity index (χ2n) is 5.37. The summed E-state index contributed by atoms with van der Waals surface area (Å²) < 4.78 is 31.2. The van der Waals surface area contributed by atoms with Gasteiger partial charge in [0.05, 0.1) is 18.0 Å². The molecule has 1 saturated heterocycles. The van der Waals surface area contributed by atoms with E-state index in [0.717, 1.165) is 0 Å². The Morgan fingerprint density at radius 1 is 1.41 bits per heavy atom. The van der Waals surface area contributed by atoms with Gasteiger partial charge in [0.25, 0.3) is 0 Å². The smallest absolute Gasteiger partial charge is 0.215 e. The molecule has 1 aliphatic rings. The molecule has 0 aromatic heterocycles. The number of hydrogen-bond donors (Lipinski definition) is 1. The molecule has 0 aromatic carbocycles. The van der Waals surface area contributed by atoms with Gasteiger partial charge in [0, 0.05) is 25.7 Å². The van der Waals surface area contributed by atoms with Crippen LogP contribution in [0.5, 0.6) is 0 Å². The molecule has 17 heavy (non-hydrogen) atoms. The lowest BCUT2D eigenvalue weighted by atomic mass is 10.1. The molecule has 0 aromatic rings. The zero-order chi connectivity index (χ0) is 13.1. The highest BCUT2D eigenvalue weighted by molar-refractivity contribution is 7.89. The van der Waals surface area contributed by atoms with Gasteiger partial charge in [0.15, 0.2) is 0 Å².